The average Bonchev–Trinajstić information content (AvgIpc) is 3.28. The topological polar surface area (TPSA) is 93.5 Å². The summed E-state index contributed by atoms with van der Waals surface area (Å²) in [7, 11) is 4.28. The quantitative estimate of drug-likeness (QED) is 0.391. The number of carbonyl (C=O) groups excluding carboxylic acids is 1. The number of ether oxygens (including phenoxy) is 3. The molecular formula is C24H23N3O4S. The van der Waals surface area contributed by atoms with Crippen LogP contribution < -0.4 is 14.8 Å². The Kier molecular flexibility index (Phi) is 7.13. The summed E-state index contributed by atoms with van der Waals surface area (Å²) in [5.41, 5.74) is 5.12. The van der Waals surface area contributed by atoms with Crippen LogP contribution in [0.5, 0.6) is 11.5 Å². The molecule has 0 spiro atoms. The van der Waals surface area contributed by atoms with E-state index < -0.39 is 5.97 Å². The third-order valence-electron chi connectivity index (χ3n) is 4.81. The van der Waals surface area contributed by atoms with Gasteiger partial charge in [0, 0.05) is 29.3 Å². The highest BCUT2D eigenvalue weighted by Gasteiger charge is 2.18. The molecule has 0 unspecified atom stereocenters. The molecular weight excluding hydrogens is 426 g/mol. The zero-order valence-electron chi connectivity index (χ0n) is 18.5. The number of thiazole rings is 1. The summed E-state index contributed by atoms with van der Waals surface area (Å²) in [5.74, 6) is 0.272. The smallest absolute Gasteiger partial charge is 0.340 e. The molecule has 0 fully saturated rings. The van der Waals surface area contributed by atoms with Crippen molar-refractivity contribution in [2.75, 3.05) is 26.6 Å². The van der Waals surface area contributed by atoms with Gasteiger partial charge in [-0.2, -0.15) is 5.26 Å². The molecule has 0 aliphatic heterocycles. The molecule has 32 heavy (non-hydrogen) atoms. The van der Waals surface area contributed by atoms with E-state index in [9.17, 15) is 10.1 Å². The third kappa shape index (κ3) is 4.74. The Labute approximate surface area is 190 Å². The molecule has 0 atom stereocenters. The highest BCUT2D eigenvalue weighted by Crippen LogP contribution is 2.34. The van der Waals surface area contributed by atoms with Crippen molar-refractivity contribution >= 4 is 28.6 Å². The van der Waals surface area contributed by atoms with Crippen LogP contribution in [0, 0.1) is 25.2 Å². The van der Waals surface area contributed by atoms with Crippen LogP contribution in [0.15, 0.2) is 41.9 Å². The highest BCUT2D eigenvalue weighted by molar-refractivity contribution is 7.11. The predicted octanol–water partition coefficient (Wildman–Crippen LogP) is 5.21. The largest absolute Gasteiger partial charge is 0.493 e. The van der Waals surface area contributed by atoms with E-state index in [0.717, 1.165) is 16.8 Å². The summed E-state index contributed by atoms with van der Waals surface area (Å²) >= 11 is 1.38. The molecule has 3 aromatic rings. The van der Waals surface area contributed by atoms with Crippen molar-refractivity contribution in [1.82, 2.24) is 4.98 Å². The van der Waals surface area contributed by atoms with Crippen molar-refractivity contribution in [3.8, 4) is 28.8 Å². The fraction of sp³-hybridized carbons (Fsp3) is 0.208. The van der Waals surface area contributed by atoms with Crippen LogP contribution in [-0.2, 0) is 4.74 Å². The first-order chi connectivity index (χ1) is 15.4. The van der Waals surface area contributed by atoms with Crippen molar-refractivity contribution in [2.24, 2.45) is 0 Å². The van der Waals surface area contributed by atoms with Crippen LogP contribution in [0.2, 0.25) is 0 Å². The average molecular weight is 450 g/mol. The number of methoxy groups -OCH3 is 3. The maximum Gasteiger partial charge on any atom is 0.340 e. The predicted molar refractivity (Wildman–Crippen MR) is 125 cm³/mol. The Balaban J connectivity index is 1.96. The van der Waals surface area contributed by atoms with Gasteiger partial charge >= 0.3 is 5.97 Å². The number of carbonyl (C=O) groups is 1. The fourth-order valence-corrected chi connectivity index (χ4v) is 3.98. The number of nitriles is 1. The number of allylic oxidation sites excluding steroid dienone is 1. The molecule has 0 bridgehead atoms. The van der Waals surface area contributed by atoms with Crippen molar-refractivity contribution in [1.29, 1.82) is 5.26 Å². The van der Waals surface area contributed by atoms with E-state index in [4.69, 9.17) is 14.2 Å². The monoisotopic (exact) mass is 449 g/mol. The molecule has 1 aromatic heterocycles. The van der Waals surface area contributed by atoms with Crippen LogP contribution in [-0.4, -0.2) is 32.3 Å². The molecule has 1 heterocycles. The molecule has 0 aliphatic rings. The van der Waals surface area contributed by atoms with E-state index in [-0.39, 0.29) is 5.56 Å². The zero-order valence-corrected chi connectivity index (χ0v) is 19.3. The number of aromatic nitrogens is 1. The second kappa shape index (κ2) is 9.98. The molecule has 1 N–H and O–H groups in total. The minimum atomic E-state index is -0.549. The normalized spacial score (nSPS) is 10.9. The van der Waals surface area contributed by atoms with Crippen molar-refractivity contribution < 1.29 is 19.0 Å². The molecule has 0 aliphatic carbocycles. The van der Waals surface area contributed by atoms with Crippen LogP contribution >= 0.6 is 11.3 Å². The molecule has 0 saturated carbocycles. The van der Waals surface area contributed by atoms with Crippen molar-refractivity contribution in [2.45, 2.75) is 13.8 Å². The number of esters is 1. The molecule has 0 saturated heterocycles. The number of nitrogens with one attached hydrogen (secondary N) is 1. The van der Waals surface area contributed by atoms with Crippen LogP contribution in [0.3, 0.4) is 0 Å². The summed E-state index contributed by atoms with van der Waals surface area (Å²) < 4.78 is 15.5. The fourth-order valence-electron chi connectivity index (χ4n) is 3.19. The highest BCUT2D eigenvalue weighted by atomic mass is 32.1. The maximum absolute atomic E-state index is 12.2. The summed E-state index contributed by atoms with van der Waals surface area (Å²) in [6.45, 7) is 4.08. The van der Waals surface area contributed by atoms with Crippen molar-refractivity contribution in [3.63, 3.8) is 0 Å². The number of aryl methyl sites for hydroxylation is 2. The van der Waals surface area contributed by atoms with Gasteiger partial charge in [-0.1, -0.05) is 23.8 Å². The van der Waals surface area contributed by atoms with E-state index in [1.165, 1.54) is 50.5 Å². The number of nitrogens with zero attached hydrogens (tertiary/aromatic N) is 2. The van der Waals surface area contributed by atoms with E-state index >= 15 is 0 Å². The van der Waals surface area contributed by atoms with Gasteiger partial charge in [0.1, 0.15) is 16.6 Å². The van der Waals surface area contributed by atoms with E-state index in [2.05, 4.69) is 22.4 Å². The Morgan fingerprint density at radius 2 is 1.84 bits per heavy atom. The lowest BCUT2D eigenvalue weighted by Crippen LogP contribution is -2.07. The van der Waals surface area contributed by atoms with E-state index in [1.807, 2.05) is 31.4 Å². The van der Waals surface area contributed by atoms with Gasteiger partial charge in [-0.3, -0.25) is 0 Å². The summed E-state index contributed by atoms with van der Waals surface area (Å²) in [5, 5.41) is 15.2. The first-order valence-corrected chi connectivity index (χ1v) is 10.5. The van der Waals surface area contributed by atoms with Gasteiger partial charge in [-0.15, -0.1) is 11.3 Å². The minimum Gasteiger partial charge on any atom is -0.493 e. The van der Waals surface area contributed by atoms with Gasteiger partial charge < -0.3 is 19.5 Å². The number of hydrogen-bond donors (Lipinski definition) is 1. The van der Waals surface area contributed by atoms with E-state index in [1.54, 1.807) is 6.07 Å². The lowest BCUT2D eigenvalue weighted by atomic mass is 10.0. The molecule has 2 aromatic carbocycles. The first kappa shape index (κ1) is 22.8. The lowest BCUT2D eigenvalue weighted by Gasteiger charge is -2.13. The van der Waals surface area contributed by atoms with Gasteiger partial charge in [-0.25, -0.2) is 9.78 Å². The third-order valence-corrected chi connectivity index (χ3v) is 5.69. The number of hydrogen-bond acceptors (Lipinski definition) is 8. The Hall–Kier alpha value is -3.83. The van der Waals surface area contributed by atoms with Crippen LogP contribution in [0.25, 0.3) is 16.8 Å². The number of benzene rings is 2. The van der Waals surface area contributed by atoms with Gasteiger partial charge in [-0.05, 0) is 19.4 Å². The minimum absolute atomic E-state index is 0.244. The molecule has 0 radical (unpaired) electrons. The molecule has 164 valence electrons. The Bertz CT molecular complexity index is 1220. The summed E-state index contributed by atoms with van der Waals surface area (Å²) in [4.78, 5) is 16.9. The van der Waals surface area contributed by atoms with Crippen LogP contribution in [0.1, 0.15) is 26.5 Å². The number of rotatable bonds is 7. The van der Waals surface area contributed by atoms with E-state index in [0.29, 0.717) is 27.8 Å². The second-order valence-electron chi connectivity index (χ2n) is 6.91. The molecule has 0 amide bonds. The van der Waals surface area contributed by atoms with Crippen LogP contribution in [0.4, 0.5) is 5.69 Å². The summed E-state index contributed by atoms with van der Waals surface area (Å²) in [6.07, 6.45) is 1.51. The SMILES string of the molecule is COC(=O)c1cc(OC)c(OC)cc1NC=C(C#N)c1nc(-c2ccc(C)cc2C)cs1. The molecule has 7 nitrogen and oxygen atoms in total. The van der Waals surface area contributed by atoms with Gasteiger partial charge in [0.2, 0.25) is 0 Å². The first-order valence-electron chi connectivity index (χ1n) is 9.66. The molecule has 3 rings (SSSR count). The number of anilines is 1. The molecule has 8 heteroatoms. The Morgan fingerprint density at radius 3 is 2.47 bits per heavy atom. The maximum atomic E-state index is 12.2. The summed E-state index contributed by atoms with van der Waals surface area (Å²) in [6, 6.07) is 11.5. The van der Waals surface area contributed by atoms with Gasteiger partial charge in [0.25, 0.3) is 0 Å². The van der Waals surface area contributed by atoms with Gasteiger partial charge in [0.15, 0.2) is 11.5 Å². The zero-order chi connectivity index (χ0) is 23.3. The standard InChI is InChI=1S/C24H23N3O4S/c1-14-6-7-17(15(2)8-14)20-13-32-23(27-20)16(11-25)12-26-19-10-22(30-4)21(29-3)9-18(19)24(28)31-5/h6-10,12-13,26H,1-5H3. The van der Waals surface area contributed by atoms with Crippen molar-refractivity contribution in [3.05, 3.63) is 63.6 Å². The lowest BCUT2D eigenvalue weighted by molar-refractivity contribution is 0.0601. The second-order valence-corrected chi connectivity index (χ2v) is 7.77. The van der Waals surface area contributed by atoms with Gasteiger partial charge in [0.05, 0.1) is 38.3 Å². The Morgan fingerprint density at radius 1 is 1.12 bits per heavy atom.